The lowest BCUT2D eigenvalue weighted by Gasteiger charge is -2.12. The summed E-state index contributed by atoms with van der Waals surface area (Å²) in [5.41, 5.74) is 2.53. The van der Waals surface area contributed by atoms with E-state index in [-0.39, 0.29) is 6.42 Å². The third-order valence-electron chi connectivity index (χ3n) is 3.40. The minimum Gasteiger partial charge on any atom is -0.481 e. The molecule has 0 unspecified atom stereocenters. The zero-order valence-electron chi connectivity index (χ0n) is 14.2. The van der Waals surface area contributed by atoms with E-state index in [4.69, 9.17) is 9.84 Å². The highest BCUT2D eigenvalue weighted by atomic mass is 16.5. The molecular weight excluding hydrogens is 322 g/mol. The minimum atomic E-state index is -0.882. The number of urea groups is 1. The number of hydrogen-bond donors (Lipinski definition) is 3. The van der Waals surface area contributed by atoms with Crippen molar-refractivity contribution in [2.75, 3.05) is 11.9 Å². The smallest absolute Gasteiger partial charge is 0.319 e. The zero-order chi connectivity index (χ0) is 18.2. The highest BCUT2D eigenvalue weighted by Crippen LogP contribution is 2.27. The Morgan fingerprint density at radius 3 is 2.72 bits per heavy atom. The van der Waals surface area contributed by atoms with Gasteiger partial charge in [-0.25, -0.2) is 9.78 Å². The van der Waals surface area contributed by atoms with E-state index in [2.05, 4.69) is 15.6 Å². The Morgan fingerprint density at radius 2 is 2.00 bits per heavy atom. The molecule has 0 radical (unpaired) electrons. The van der Waals surface area contributed by atoms with Crippen molar-refractivity contribution in [2.24, 2.45) is 0 Å². The number of carbonyl (C=O) groups excluding carboxylic acids is 1. The van der Waals surface area contributed by atoms with E-state index in [0.717, 1.165) is 11.1 Å². The number of nitrogens with one attached hydrogen (secondary N) is 2. The number of carboxylic acids is 1. The van der Waals surface area contributed by atoms with Gasteiger partial charge in [0.25, 0.3) is 0 Å². The van der Waals surface area contributed by atoms with E-state index in [1.54, 1.807) is 18.3 Å². The van der Waals surface area contributed by atoms with Gasteiger partial charge in [-0.2, -0.15) is 0 Å². The summed E-state index contributed by atoms with van der Waals surface area (Å²) in [4.78, 5) is 26.4. The van der Waals surface area contributed by atoms with Crippen molar-refractivity contribution >= 4 is 17.7 Å². The van der Waals surface area contributed by atoms with Gasteiger partial charge in [0.15, 0.2) is 0 Å². The Morgan fingerprint density at radius 1 is 1.20 bits per heavy atom. The third kappa shape index (κ3) is 6.14. The van der Waals surface area contributed by atoms with Crippen molar-refractivity contribution < 1.29 is 19.4 Å². The van der Waals surface area contributed by atoms with Crippen LogP contribution >= 0.6 is 0 Å². The van der Waals surface area contributed by atoms with Crippen LogP contribution < -0.4 is 15.4 Å². The van der Waals surface area contributed by atoms with Crippen molar-refractivity contribution in [1.29, 1.82) is 0 Å². The summed E-state index contributed by atoms with van der Waals surface area (Å²) in [5, 5.41) is 13.9. The van der Waals surface area contributed by atoms with Crippen LogP contribution in [0.5, 0.6) is 11.6 Å². The van der Waals surface area contributed by atoms with E-state index < -0.39 is 12.0 Å². The van der Waals surface area contributed by atoms with Crippen LogP contribution in [0.15, 0.2) is 36.5 Å². The van der Waals surface area contributed by atoms with Gasteiger partial charge in [0.05, 0.1) is 0 Å². The van der Waals surface area contributed by atoms with Crippen molar-refractivity contribution in [3.8, 4) is 11.6 Å². The summed E-state index contributed by atoms with van der Waals surface area (Å²) >= 11 is 0. The summed E-state index contributed by atoms with van der Waals surface area (Å²) in [6, 6.07) is 8.64. The Kier molecular flexibility index (Phi) is 6.33. The third-order valence-corrected chi connectivity index (χ3v) is 3.40. The molecule has 0 saturated carbocycles. The van der Waals surface area contributed by atoms with Gasteiger partial charge in [0, 0.05) is 37.0 Å². The Labute approximate surface area is 146 Å². The normalized spacial score (nSPS) is 10.2. The zero-order valence-corrected chi connectivity index (χ0v) is 14.2. The van der Waals surface area contributed by atoms with Crippen molar-refractivity contribution in [2.45, 2.75) is 26.7 Å². The maximum absolute atomic E-state index is 11.8. The number of carboxylic acid groups (broad SMARTS) is 1. The fraction of sp³-hybridized carbons (Fsp3) is 0.278. The second-order valence-corrected chi connectivity index (χ2v) is 5.63. The maximum atomic E-state index is 11.8. The predicted molar refractivity (Wildman–Crippen MR) is 94.1 cm³/mol. The van der Waals surface area contributed by atoms with E-state index in [9.17, 15) is 9.59 Å². The Balaban J connectivity index is 1.96. The standard InChI is InChI=1S/C18H21N3O4/c1-12-7-9-19-16(10-12)25-15-11-14(6-5-13(15)2)21-18(24)20-8-3-4-17(22)23/h5-7,9-11H,3-4,8H2,1-2H3,(H,22,23)(H2,20,21,24). The first-order valence-corrected chi connectivity index (χ1v) is 7.92. The Hall–Kier alpha value is -3.09. The van der Waals surface area contributed by atoms with Crippen LogP contribution in [0.25, 0.3) is 0 Å². The van der Waals surface area contributed by atoms with Crippen LogP contribution in [0.4, 0.5) is 10.5 Å². The van der Waals surface area contributed by atoms with Crippen molar-refractivity contribution in [3.63, 3.8) is 0 Å². The van der Waals surface area contributed by atoms with Gasteiger partial charge in [-0.15, -0.1) is 0 Å². The molecule has 2 amide bonds. The first-order chi connectivity index (χ1) is 11.9. The molecule has 0 aliphatic heterocycles. The summed E-state index contributed by atoms with van der Waals surface area (Å²) < 4.78 is 5.79. The second kappa shape index (κ2) is 8.68. The lowest BCUT2D eigenvalue weighted by molar-refractivity contribution is -0.137. The molecule has 1 heterocycles. The number of benzene rings is 1. The number of rotatable bonds is 7. The maximum Gasteiger partial charge on any atom is 0.319 e. The highest BCUT2D eigenvalue weighted by molar-refractivity contribution is 5.89. The first kappa shape index (κ1) is 18.3. The number of ether oxygens (including phenoxy) is 1. The molecule has 0 spiro atoms. The van der Waals surface area contributed by atoms with Crippen LogP contribution in [0, 0.1) is 13.8 Å². The molecule has 2 aromatic rings. The topological polar surface area (TPSA) is 101 Å². The number of anilines is 1. The fourth-order valence-corrected chi connectivity index (χ4v) is 2.08. The van der Waals surface area contributed by atoms with E-state index in [1.165, 1.54) is 0 Å². The fourth-order valence-electron chi connectivity index (χ4n) is 2.08. The lowest BCUT2D eigenvalue weighted by atomic mass is 10.2. The van der Waals surface area contributed by atoms with Crippen LogP contribution in [0.1, 0.15) is 24.0 Å². The van der Waals surface area contributed by atoms with Gasteiger partial charge in [0.1, 0.15) is 5.75 Å². The van der Waals surface area contributed by atoms with Gasteiger partial charge in [0.2, 0.25) is 5.88 Å². The molecule has 132 valence electrons. The average molecular weight is 343 g/mol. The molecule has 25 heavy (non-hydrogen) atoms. The average Bonchev–Trinajstić information content (AvgIpc) is 2.55. The van der Waals surface area contributed by atoms with E-state index in [0.29, 0.717) is 30.3 Å². The SMILES string of the molecule is Cc1ccnc(Oc2cc(NC(=O)NCCCC(=O)O)ccc2C)c1. The summed E-state index contributed by atoms with van der Waals surface area (Å²) in [7, 11) is 0. The molecule has 2 rings (SSSR count). The van der Waals surface area contributed by atoms with Gasteiger partial charge in [-0.3, -0.25) is 4.79 Å². The predicted octanol–water partition coefficient (Wildman–Crippen LogP) is 3.48. The highest BCUT2D eigenvalue weighted by Gasteiger charge is 2.07. The molecule has 0 saturated heterocycles. The molecule has 3 N–H and O–H groups in total. The monoisotopic (exact) mass is 343 g/mol. The van der Waals surface area contributed by atoms with E-state index in [1.807, 2.05) is 32.0 Å². The molecule has 0 aliphatic carbocycles. The molecule has 0 bridgehead atoms. The van der Waals surface area contributed by atoms with Gasteiger partial charge < -0.3 is 20.5 Å². The number of aromatic nitrogens is 1. The lowest BCUT2D eigenvalue weighted by Crippen LogP contribution is -2.29. The summed E-state index contributed by atoms with van der Waals surface area (Å²) in [6.07, 6.45) is 2.07. The second-order valence-electron chi connectivity index (χ2n) is 5.63. The molecule has 0 atom stereocenters. The summed E-state index contributed by atoms with van der Waals surface area (Å²) in [5.74, 6) is 0.201. The van der Waals surface area contributed by atoms with Crippen LogP contribution in [-0.2, 0) is 4.79 Å². The van der Waals surface area contributed by atoms with Crippen LogP contribution in [-0.4, -0.2) is 28.6 Å². The molecule has 0 fully saturated rings. The number of aryl methyl sites for hydroxylation is 2. The van der Waals surface area contributed by atoms with Gasteiger partial charge in [-0.05, 0) is 43.5 Å². The summed E-state index contributed by atoms with van der Waals surface area (Å²) in [6.45, 7) is 4.15. The number of aliphatic carboxylic acids is 1. The number of amides is 2. The quantitative estimate of drug-likeness (QED) is 0.668. The number of hydrogen-bond acceptors (Lipinski definition) is 4. The largest absolute Gasteiger partial charge is 0.481 e. The number of pyridine rings is 1. The molecule has 0 aliphatic rings. The molecule has 7 nitrogen and oxygen atoms in total. The van der Waals surface area contributed by atoms with Gasteiger partial charge >= 0.3 is 12.0 Å². The molecule has 1 aromatic carbocycles. The number of nitrogens with zero attached hydrogens (tertiary/aromatic N) is 1. The minimum absolute atomic E-state index is 0.0201. The molecule has 7 heteroatoms. The molecule has 1 aromatic heterocycles. The van der Waals surface area contributed by atoms with E-state index >= 15 is 0 Å². The first-order valence-electron chi connectivity index (χ1n) is 7.92. The van der Waals surface area contributed by atoms with Crippen LogP contribution in [0.2, 0.25) is 0 Å². The Bertz CT molecular complexity index is 762. The van der Waals surface area contributed by atoms with Crippen molar-refractivity contribution in [1.82, 2.24) is 10.3 Å². The van der Waals surface area contributed by atoms with Crippen molar-refractivity contribution in [3.05, 3.63) is 47.7 Å². The van der Waals surface area contributed by atoms with Gasteiger partial charge in [-0.1, -0.05) is 6.07 Å². The molecular formula is C18H21N3O4. The number of carbonyl (C=O) groups is 2. The van der Waals surface area contributed by atoms with Crippen LogP contribution in [0.3, 0.4) is 0 Å².